The van der Waals surface area contributed by atoms with Crippen LogP contribution >= 0.6 is 0 Å². The van der Waals surface area contributed by atoms with Crippen molar-refractivity contribution in [1.82, 2.24) is 0 Å². The molecule has 228 valence electrons. The van der Waals surface area contributed by atoms with Crippen LogP contribution < -0.4 is 0 Å². The molecule has 0 unspecified atom stereocenters. The molecule has 7 nitrogen and oxygen atoms in total. The van der Waals surface area contributed by atoms with E-state index >= 15 is 0 Å². The summed E-state index contributed by atoms with van der Waals surface area (Å²) < 4.78 is 43.5. The number of halogens is 1. The average Bonchev–Trinajstić information content (AvgIpc) is 2.92. The van der Waals surface area contributed by atoms with Gasteiger partial charge in [-0.1, -0.05) is 96.8 Å². The van der Waals surface area contributed by atoms with E-state index in [0.29, 0.717) is 72.5 Å². The van der Waals surface area contributed by atoms with Crippen LogP contribution in [-0.2, 0) is 33.2 Å². The lowest BCUT2D eigenvalue weighted by molar-refractivity contribution is -0.145. The summed E-state index contributed by atoms with van der Waals surface area (Å²) in [4.78, 5) is 11.8. The highest BCUT2D eigenvalue weighted by molar-refractivity contribution is 5.69. The lowest BCUT2D eigenvalue weighted by atomic mass is 10.0. The summed E-state index contributed by atoms with van der Waals surface area (Å²) >= 11 is 0. The van der Waals surface area contributed by atoms with Crippen LogP contribution in [0.2, 0.25) is 0 Å². The Balaban J connectivity index is 3.14. The predicted molar refractivity (Wildman–Crippen MR) is 151 cm³/mol. The summed E-state index contributed by atoms with van der Waals surface area (Å²) in [7, 11) is 0. The number of hydrogen-bond acceptors (Lipinski definition) is 7. The molecule has 0 saturated heterocycles. The van der Waals surface area contributed by atoms with E-state index in [4.69, 9.17) is 28.4 Å². The predicted octanol–water partition coefficient (Wildman–Crippen LogP) is 6.84. The molecule has 0 radical (unpaired) electrons. The Hall–Kier alpha value is -0.800. The van der Waals surface area contributed by atoms with Gasteiger partial charge in [0.25, 0.3) is 0 Å². The zero-order valence-electron chi connectivity index (χ0n) is 24.5. The monoisotopic (exact) mass is 550 g/mol. The van der Waals surface area contributed by atoms with Crippen LogP contribution in [0, 0.1) is 0 Å². The van der Waals surface area contributed by atoms with Crippen molar-refractivity contribution in [2.75, 3.05) is 79.4 Å². The number of unbranched alkanes of at least 4 members (excludes halogenated alkanes) is 14. The van der Waals surface area contributed by atoms with E-state index in [0.717, 1.165) is 12.8 Å². The molecule has 0 aliphatic carbocycles. The van der Waals surface area contributed by atoms with E-state index in [1.165, 1.54) is 83.5 Å². The van der Waals surface area contributed by atoms with Gasteiger partial charge in [0.1, 0.15) is 13.3 Å². The second-order valence-electron chi connectivity index (χ2n) is 9.67. The summed E-state index contributed by atoms with van der Waals surface area (Å²) in [5, 5.41) is 0. The quantitative estimate of drug-likeness (QED) is 0.0654. The number of carbonyl (C=O) groups is 1. The molecule has 0 aromatic heterocycles. The Morgan fingerprint density at radius 1 is 0.447 bits per heavy atom. The number of rotatable bonds is 33. The topological polar surface area (TPSA) is 72.5 Å². The molecule has 0 spiro atoms. The van der Waals surface area contributed by atoms with Gasteiger partial charge >= 0.3 is 5.97 Å². The molecule has 0 saturated carbocycles. The Morgan fingerprint density at radius 3 is 1.13 bits per heavy atom. The standard InChI is InChI=1S/C30H59FO7/c1-2-3-4-5-6-7-8-9-10-11-12-13-14-15-16-17-30(32)38-29-28-37-27-26-36-25-24-35-23-22-34-21-20-33-19-18-31/h2-29H2,1H3. The molecule has 8 heteroatoms. The first-order chi connectivity index (χ1) is 18.8. The van der Waals surface area contributed by atoms with Gasteiger partial charge in [0.15, 0.2) is 0 Å². The highest BCUT2D eigenvalue weighted by Crippen LogP contribution is 2.13. The van der Waals surface area contributed by atoms with Crippen LogP contribution in [0.1, 0.15) is 110 Å². The first kappa shape index (κ1) is 37.2. The van der Waals surface area contributed by atoms with Gasteiger partial charge < -0.3 is 28.4 Å². The van der Waals surface area contributed by atoms with Crippen molar-refractivity contribution in [3.8, 4) is 0 Å². The van der Waals surface area contributed by atoms with E-state index in [1.807, 2.05) is 0 Å². The Kier molecular flexibility index (Phi) is 33.5. The van der Waals surface area contributed by atoms with Gasteiger partial charge in [0.05, 0.1) is 66.1 Å². The molecular weight excluding hydrogens is 491 g/mol. The first-order valence-electron chi connectivity index (χ1n) is 15.4. The third-order valence-electron chi connectivity index (χ3n) is 6.18. The van der Waals surface area contributed by atoms with Crippen molar-refractivity contribution >= 4 is 5.97 Å². The zero-order chi connectivity index (χ0) is 27.6. The van der Waals surface area contributed by atoms with Crippen LogP contribution in [-0.4, -0.2) is 85.3 Å². The third-order valence-corrected chi connectivity index (χ3v) is 6.18. The molecule has 0 heterocycles. The van der Waals surface area contributed by atoms with Crippen molar-refractivity contribution in [3.05, 3.63) is 0 Å². The van der Waals surface area contributed by atoms with E-state index in [-0.39, 0.29) is 12.6 Å². The van der Waals surface area contributed by atoms with Crippen LogP contribution in [0.3, 0.4) is 0 Å². The van der Waals surface area contributed by atoms with Gasteiger partial charge in [0.2, 0.25) is 0 Å². The minimum atomic E-state index is -0.471. The number of esters is 1. The van der Waals surface area contributed by atoms with Gasteiger partial charge in [-0.05, 0) is 6.42 Å². The Morgan fingerprint density at radius 2 is 0.763 bits per heavy atom. The lowest BCUT2D eigenvalue weighted by Crippen LogP contribution is -2.15. The van der Waals surface area contributed by atoms with Crippen LogP contribution in [0.4, 0.5) is 4.39 Å². The summed E-state index contributed by atoms with van der Waals surface area (Å²) in [6.45, 7) is 6.27. The molecule has 0 aliphatic heterocycles. The van der Waals surface area contributed by atoms with Gasteiger partial charge in [-0.25, -0.2) is 4.39 Å². The maximum atomic E-state index is 11.8. The second kappa shape index (κ2) is 34.2. The minimum absolute atomic E-state index is 0.117. The fourth-order valence-electron chi connectivity index (χ4n) is 3.96. The number of carbonyl (C=O) groups excluding carboxylic acids is 1. The summed E-state index contributed by atoms with van der Waals surface area (Å²) in [6, 6.07) is 0. The van der Waals surface area contributed by atoms with E-state index < -0.39 is 6.67 Å². The van der Waals surface area contributed by atoms with Gasteiger partial charge in [0, 0.05) is 6.42 Å². The Bertz CT molecular complexity index is 454. The van der Waals surface area contributed by atoms with Crippen molar-refractivity contribution in [3.63, 3.8) is 0 Å². The number of alkyl halides is 1. The van der Waals surface area contributed by atoms with Crippen LogP contribution in [0.15, 0.2) is 0 Å². The molecule has 0 rings (SSSR count). The summed E-state index contributed by atoms with van der Waals surface area (Å²) in [6.07, 6.45) is 20.3. The third kappa shape index (κ3) is 33.2. The van der Waals surface area contributed by atoms with Gasteiger partial charge in [-0.2, -0.15) is 0 Å². The normalized spacial score (nSPS) is 11.3. The lowest BCUT2D eigenvalue weighted by Gasteiger charge is -2.08. The van der Waals surface area contributed by atoms with Crippen molar-refractivity contribution in [2.24, 2.45) is 0 Å². The summed E-state index contributed by atoms with van der Waals surface area (Å²) in [5.74, 6) is -0.132. The average molecular weight is 551 g/mol. The van der Waals surface area contributed by atoms with E-state index in [2.05, 4.69) is 6.92 Å². The second-order valence-corrected chi connectivity index (χ2v) is 9.67. The van der Waals surface area contributed by atoms with Crippen LogP contribution in [0.25, 0.3) is 0 Å². The zero-order valence-corrected chi connectivity index (χ0v) is 24.5. The molecule has 0 fully saturated rings. The van der Waals surface area contributed by atoms with Gasteiger partial charge in [-0.3, -0.25) is 4.79 Å². The van der Waals surface area contributed by atoms with E-state index in [9.17, 15) is 9.18 Å². The molecule has 0 amide bonds. The SMILES string of the molecule is CCCCCCCCCCCCCCCCCC(=O)OCCOCCOCCOCCOCCOCCF. The Labute approximate surface area is 232 Å². The van der Waals surface area contributed by atoms with Crippen LogP contribution in [0.5, 0.6) is 0 Å². The number of hydrogen-bond donors (Lipinski definition) is 0. The van der Waals surface area contributed by atoms with Gasteiger partial charge in [-0.15, -0.1) is 0 Å². The van der Waals surface area contributed by atoms with Crippen molar-refractivity contribution in [1.29, 1.82) is 0 Å². The maximum Gasteiger partial charge on any atom is 0.305 e. The molecule has 0 bridgehead atoms. The van der Waals surface area contributed by atoms with E-state index in [1.54, 1.807) is 0 Å². The van der Waals surface area contributed by atoms with Crippen molar-refractivity contribution < 1.29 is 37.6 Å². The molecular formula is C30H59FO7. The molecule has 0 atom stereocenters. The first-order valence-corrected chi connectivity index (χ1v) is 15.4. The largest absolute Gasteiger partial charge is 0.463 e. The number of ether oxygens (including phenoxy) is 6. The molecule has 38 heavy (non-hydrogen) atoms. The molecule has 0 N–H and O–H groups in total. The van der Waals surface area contributed by atoms with Crippen molar-refractivity contribution in [2.45, 2.75) is 110 Å². The highest BCUT2D eigenvalue weighted by Gasteiger charge is 2.03. The smallest absolute Gasteiger partial charge is 0.305 e. The summed E-state index contributed by atoms with van der Waals surface area (Å²) in [5.41, 5.74) is 0. The highest BCUT2D eigenvalue weighted by atomic mass is 19.1. The molecule has 0 aliphatic rings. The fraction of sp³-hybridized carbons (Fsp3) is 0.967. The molecule has 0 aromatic rings. The fourth-order valence-corrected chi connectivity index (χ4v) is 3.96. The maximum absolute atomic E-state index is 11.8. The minimum Gasteiger partial charge on any atom is -0.463 e. The molecule has 0 aromatic carbocycles.